The van der Waals surface area contributed by atoms with Gasteiger partial charge in [0, 0.05) is 6.04 Å². The van der Waals surface area contributed by atoms with Gasteiger partial charge in [-0.2, -0.15) is 0 Å². The summed E-state index contributed by atoms with van der Waals surface area (Å²) in [6, 6.07) is 0.268. The van der Waals surface area contributed by atoms with Gasteiger partial charge in [0.1, 0.15) is 0 Å². The van der Waals surface area contributed by atoms with Crippen molar-refractivity contribution in [1.29, 1.82) is 0 Å². The number of carboxylic acid groups (broad SMARTS) is 1. The van der Waals surface area contributed by atoms with E-state index in [0.717, 1.165) is 38.3 Å². The molecular weight excluding hydrogens is 262 g/mol. The van der Waals surface area contributed by atoms with Crippen molar-refractivity contribution in [2.45, 2.75) is 72.3 Å². The van der Waals surface area contributed by atoms with Crippen molar-refractivity contribution in [3.05, 3.63) is 0 Å². The van der Waals surface area contributed by atoms with Crippen LogP contribution in [0.3, 0.4) is 0 Å². The van der Waals surface area contributed by atoms with Gasteiger partial charge in [0.2, 0.25) is 0 Å². The lowest BCUT2D eigenvalue weighted by Gasteiger charge is -2.40. The maximum Gasteiger partial charge on any atom is 0.308 e. The third-order valence-corrected chi connectivity index (χ3v) is 5.85. The molecule has 0 bridgehead atoms. The monoisotopic (exact) mass is 295 g/mol. The predicted molar refractivity (Wildman–Crippen MR) is 86.3 cm³/mol. The number of aliphatic carboxylic acids is 1. The largest absolute Gasteiger partial charge is 0.481 e. The molecule has 0 radical (unpaired) electrons. The van der Waals surface area contributed by atoms with Crippen molar-refractivity contribution in [2.75, 3.05) is 13.1 Å². The van der Waals surface area contributed by atoms with E-state index in [2.05, 4.69) is 32.6 Å². The van der Waals surface area contributed by atoms with Crippen LogP contribution in [0.5, 0.6) is 0 Å². The summed E-state index contributed by atoms with van der Waals surface area (Å²) in [5.74, 6) is 0.718. The minimum atomic E-state index is -0.580. The fourth-order valence-corrected chi connectivity index (χ4v) is 4.36. The molecular formula is C18H33NO2. The zero-order valence-corrected chi connectivity index (χ0v) is 14.3. The molecule has 0 aromatic rings. The van der Waals surface area contributed by atoms with Gasteiger partial charge in [-0.1, -0.05) is 27.7 Å². The third kappa shape index (κ3) is 4.21. The predicted octanol–water partition coefficient (Wildman–Crippen LogP) is 4.02. The fraction of sp³-hybridized carbons (Fsp3) is 0.944. The van der Waals surface area contributed by atoms with Gasteiger partial charge in [-0.05, 0) is 68.9 Å². The first-order chi connectivity index (χ1) is 9.79. The first kappa shape index (κ1) is 16.8. The van der Waals surface area contributed by atoms with Crippen LogP contribution in [0.15, 0.2) is 0 Å². The third-order valence-electron chi connectivity index (χ3n) is 5.85. The molecule has 2 fully saturated rings. The molecule has 122 valence electrons. The number of likely N-dealkylation sites (tertiary alicyclic amines) is 1. The van der Waals surface area contributed by atoms with E-state index in [1.54, 1.807) is 0 Å². The van der Waals surface area contributed by atoms with E-state index < -0.39 is 5.97 Å². The van der Waals surface area contributed by atoms with Gasteiger partial charge in [-0.3, -0.25) is 9.69 Å². The first-order valence-corrected chi connectivity index (χ1v) is 8.76. The Balaban J connectivity index is 2.04. The number of rotatable bonds is 2. The fourth-order valence-electron chi connectivity index (χ4n) is 4.36. The second-order valence-electron chi connectivity index (χ2n) is 8.46. The van der Waals surface area contributed by atoms with E-state index in [4.69, 9.17) is 0 Å². The van der Waals surface area contributed by atoms with Crippen molar-refractivity contribution in [3.8, 4) is 0 Å². The Labute approximate surface area is 130 Å². The second-order valence-corrected chi connectivity index (χ2v) is 8.46. The van der Waals surface area contributed by atoms with E-state index in [-0.39, 0.29) is 12.0 Å². The number of nitrogens with zero attached hydrogens (tertiary/aromatic N) is 1. The second kappa shape index (κ2) is 6.68. The Morgan fingerprint density at radius 3 is 2.43 bits per heavy atom. The highest BCUT2D eigenvalue weighted by atomic mass is 16.4. The molecule has 1 N–H and O–H groups in total. The Bertz CT molecular complexity index is 361. The summed E-state index contributed by atoms with van der Waals surface area (Å²) in [7, 11) is 0. The topological polar surface area (TPSA) is 40.5 Å². The summed E-state index contributed by atoms with van der Waals surface area (Å²) >= 11 is 0. The maximum absolute atomic E-state index is 11.6. The molecule has 0 aromatic heterocycles. The van der Waals surface area contributed by atoms with Gasteiger partial charge in [-0.25, -0.2) is 0 Å². The van der Waals surface area contributed by atoms with E-state index in [0.29, 0.717) is 11.3 Å². The Hall–Kier alpha value is -0.570. The van der Waals surface area contributed by atoms with Crippen LogP contribution in [-0.4, -0.2) is 35.1 Å². The number of hydrogen-bond acceptors (Lipinski definition) is 2. The van der Waals surface area contributed by atoms with Crippen molar-refractivity contribution in [3.63, 3.8) is 0 Å². The van der Waals surface area contributed by atoms with Crippen LogP contribution in [0, 0.1) is 23.2 Å². The zero-order chi connectivity index (χ0) is 15.6. The number of carbonyl (C=O) groups is 1. The normalized spacial score (nSPS) is 36.2. The molecule has 0 spiro atoms. The smallest absolute Gasteiger partial charge is 0.308 e. The molecule has 1 aliphatic heterocycles. The quantitative estimate of drug-likeness (QED) is 0.836. The molecule has 0 aromatic carbocycles. The summed E-state index contributed by atoms with van der Waals surface area (Å²) in [6.45, 7) is 11.5. The van der Waals surface area contributed by atoms with E-state index in [1.807, 2.05) is 0 Å². The maximum atomic E-state index is 11.6. The van der Waals surface area contributed by atoms with Crippen LogP contribution in [0.2, 0.25) is 0 Å². The molecule has 2 aliphatic rings. The Kier molecular flexibility index (Phi) is 5.34. The van der Waals surface area contributed by atoms with E-state index in [1.165, 1.54) is 19.3 Å². The lowest BCUT2D eigenvalue weighted by Crippen LogP contribution is -2.47. The highest BCUT2D eigenvalue weighted by Gasteiger charge is 2.38. The molecule has 4 atom stereocenters. The van der Waals surface area contributed by atoms with Gasteiger partial charge in [0.05, 0.1) is 5.92 Å². The zero-order valence-electron chi connectivity index (χ0n) is 14.3. The molecule has 1 aliphatic carbocycles. The first-order valence-electron chi connectivity index (χ1n) is 8.76. The van der Waals surface area contributed by atoms with Gasteiger partial charge in [0.15, 0.2) is 0 Å². The van der Waals surface area contributed by atoms with E-state index in [9.17, 15) is 9.90 Å². The molecule has 0 amide bonds. The SMILES string of the molecule is CC1CCC(C(=O)O)C(N2CCCC(C(C)(C)C)CC2)C1. The lowest BCUT2D eigenvalue weighted by atomic mass is 9.76. The van der Waals surface area contributed by atoms with Crippen LogP contribution in [0.4, 0.5) is 0 Å². The van der Waals surface area contributed by atoms with Crippen molar-refractivity contribution >= 4 is 5.97 Å². The molecule has 1 saturated heterocycles. The number of carboxylic acids is 1. The Morgan fingerprint density at radius 1 is 1.10 bits per heavy atom. The average Bonchev–Trinajstić information content (AvgIpc) is 2.63. The molecule has 2 rings (SSSR count). The summed E-state index contributed by atoms with van der Waals surface area (Å²) < 4.78 is 0. The molecule has 1 saturated carbocycles. The standard InChI is InChI=1S/C18H33NO2/c1-13-7-8-15(17(20)21)16(12-13)19-10-5-6-14(9-11-19)18(2,3)4/h13-16H,5-12H2,1-4H3,(H,20,21). The lowest BCUT2D eigenvalue weighted by molar-refractivity contribution is -0.146. The number of hydrogen-bond donors (Lipinski definition) is 1. The van der Waals surface area contributed by atoms with Crippen molar-refractivity contribution in [2.24, 2.45) is 23.2 Å². The summed E-state index contributed by atoms with van der Waals surface area (Å²) in [5.41, 5.74) is 0.377. The van der Waals surface area contributed by atoms with E-state index >= 15 is 0 Å². The minimum Gasteiger partial charge on any atom is -0.481 e. The molecule has 1 heterocycles. The van der Waals surface area contributed by atoms with Crippen LogP contribution in [0.25, 0.3) is 0 Å². The van der Waals surface area contributed by atoms with Gasteiger partial charge in [-0.15, -0.1) is 0 Å². The highest BCUT2D eigenvalue weighted by Crippen LogP contribution is 2.37. The van der Waals surface area contributed by atoms with Gasteiger partial charge in [0.25, 0.3) is 0 Å². The molecule has 21 heavy (non-hydrogen) atoms. The van der Waals surface area contributed by atoms with Crippen LogP contribution in [0.1, 0.15) is 66.2 Å². The van der Waals surface area contributed by atoms with Gasteiger partial charge < -0.3 is 5.11 Å². The van der Waals surface area contributed by atoms with Gasteiger partial charge >= 0.3 is 5.97 Å². The molecule has 3 heteroatoms. The summed E-state index contributed by atoms with van der Waals surface area (Å²) in [4.78, 5) is 14.1. The summed E-state index contributed by atoms with van der Waals surface area (Å²) in [5, 5.41) is 9.55. The molecule has 4 unspecified atom stereocenters. The highest BCUT2D eigenvalue weighted by molar-refractivity contribution is 5.71. The molecule has 3 nitrogen and oxygen atoms in total. The Morgan fingerprint density at radius 2 is 1.81 bits per heavy atom. The van der Waals surface area contributed by atoms with Crippen molar-refractivity contribution in [1.82, 2.24) is 4.90 Å². The average molecular weight is 295 g/mol. The van der Waals surface area contributed by atoms with Crippen LogP contribution < -0.4 is 0 Å². The summed E-state index contributed by atoms with van der Waals surface area (Å²) in [6.07, 6.45) is 6.74. The van der Waals surface area contributed by atoms with Crippen LogP contribution >= 0.6 is 0 Å². The van der Waals surface area contributed by atoms with Crippen molar-refractivity contribution < 1.29 is 9.90 Å². The minimum absolute atomic E-state index is 0.146. The van der Waals surface area contributed by atoms with Crippen LogP contribution in [-0.2, 0) is 4.79 Å².